The van der Waals surface area contributed by atoms with Crippen molar-refractivity contribution < 1.29 is 0 Å². The summed E-state index contributed by atoms with van der Waals surface area (Å²) in [7, 11) is 0. The van der Waals surface area contributed by atoms with Crippen LogP contribution in [0.1, 0.15) is 12.5 Å². The molecule has 0 bridgehead atoms. The van der Waals surface area contributed by atoms with Crippen LogP contribution in [0, 0.1) is 0 Å². The fourth-order valence-electron chi connectivity index (χ4n) is 1.72. The number of hydrogen-bond acceptors (Lipinski definition) is 4. The zero-order valence-corrected chi connectivity index (χ0v) is 12.9. The highest BCUT2D eigenvalue weighted by molar-refractivity contribution is 9.10. The predicted octanol–water partition coefficient (Wildman–Crippen LogP) is 2.01. The smallest absolute Gasteiger partial charge is 0.330 e. The first kappa shape index (κ1) is 14.4. The molecular weight excluding hydrogens is 328 g/mol. The van der Waals surface area contributed by atoms with E-state index in [0.29, 0.717) is 18.2 Å². The lowest BCUT2D eigenvalue weighted by atomic mass is 10.1. The molecule has 2 rings (SSSR count). The van der Waals surface area contributed by atoms with E-state index >= 15 is 0 Å². The topological polar surface area (TPSA) is 76.7 Å². The van der Waals surface area contributed by atoms with E-state index in [0.717, 1.165) is 15.8 Å². The summed E-state index contributed by atoms with van der Waals surface area (Å²) in [5, 5.41) is 7.16. The molecule has 7 heteroatoms. The van der Waals surface area contributed by atoms with Gasteiger partial charge in [-0.15, -0.1) is 5.10 Å². The van der Waals surface area contributed by atoms with Crippen LogP contribution >= 0.6 is 27.7 Å². The number of nitrogens with one attached hydrogen (secondary N) is 1. The second kappa shape index (κ2) is 6.40. The van der Waals surface area contributed by atoms with E-state index in [-0.39, 0.29) is 5.69 Å². The van der Waals surface area contributed by atoms with Gasteiger partial charge in [0, 0.05) is 15.9 Å². The van der Waals surface area contributed by atoms with Crippen molar-refractivity contribution in [3.63, 3.8) is 0 Å². The number of aromatic nitrogens is 3. The summed E-state index contributed by atoms with van der Waals surface area (Å²) in [4.78, 5) is 12.5. The van der Waals surface area contributed by atoms with Gasteiger partial charge in [0.2, 0.25) is 0 Å². The number of H-pyrrole nitrogens is 1. The Morgan fingerprint density at radius 1 is 1.53 bits per heavy atom. The van der Waals surface area contributed by atoms with Gasteiger partial charge in [-0.25, -0.2) is 9.89 Å². The fourth-order valence-corrected chi connectivity index (χ4v) is 3.38. The number of rotatable bonds is 5. The number of benzene rings is 1. The number of hydrogen-bond donors (Lipinski definition) is 2. The minimum atomic E-state index is -0.177. The van der Waals surface area contributed by atoms with Gasteiger partial charge in [0.1, 0.15) is 0 Å². The van der Waals surface area contributed by atoms with Crippen LogP contribution in [-0.4, -0.2) is 21.3 Å². The molecule has 0 aliphatic rings. The number of nitrogens with two attached hydrogens (primary N) is 1. The van der Waals surface area contributed by atoms with Crippen molar-refractivity contribution >= 4 is 27.7 Å². The molecule has 0 aliphatic heterocycles. The molecule has 0 radical (unpaired) electrons. The molecule has 102 valence electrons. The van der Waals surface area contributed by atoms with Crippen LogP contribution in [0.5, 0.6) is 0 Å². The number of aromatic amines is 1. The van der Waals surface area contributed by atoms with Crippen molar-refractivity contribution in [1.82, 2.24) is 14.8 Å². The Kier molecular flexibility index (Phi) is 4.84. The third-order valence-corrected chi connectivity index (χ3v) is 4.41. The largest absolute Gasteiger partial charge is 0.343 e. The lowest BCUT2D eigenvalue weighted by Gasteiger charge is -2.06. The van der Waals surface area contributed by atoms with Gasteiger partial charge in [-0.2, -0.15) is 0 Å². The first-order valence-corrected chi connectivity index (χ1v) is 7.58. The van der Waals surface area contributed by atoms with Crippen LogP contribution in [0.4, 0.5) is 0 Å². The molecule has 0 amide bonds. The Balaban J connectivity index is 2.24. The maximum atomic E-state index is 11.5. The molecule has 0 saturated carbocycles. The molecule has 3 N–H and O–H groups in total. The molecule has 1 aromatic heterocycles. The second-order valence-electron chi connectivity index (χ2n) is 3.95. The molecule has 0 saturated heterocycles. The highest BCUT2D eigenvalue weighted by atomic mass is 79.9. The van der Waals surface area contributed by atoms with Gasteiger partial charge < -0.3 is 5.73 Å². The highest BCUT2D eigenvalue weighted by Gasteiger charge is 2.09. The quantitative estimate of drug-likeness (QED) is 0.871. The first-order chi connectivity index (χ1) is 9.15. The van der Waals surface area contributed by atoms with E-state index in [4.69, 9.17) is 5.73 Å². The fraction of sp³-hybridized carbons (Fsp3) is 0.333. The van der Waals surface area contributed by atoms with Gasteiger partial charge >= 0.3 is 5.69 Å². The summed E-state index contributed by atoms with van der Waals surface area (Å²) >= 11 is 5.00. The van der Waals surface area contributed by atoms with E-state index in [1.807, 2.05) is 25.1 Å². The van der Waals surface area contributed by atoms with Crippen molar-refractivity contribution in [2.75, 3.05) is 6.54 Å². The van der Waals surface area contributed by atoms with Gasteiger partial charge in [-0.05, 0) is 49.3 Å². The molecule has 0 aliphatic carbocycles. The molecule has 0 atom stereocenters. The lowest BCUT2D eigenvalue weighted by Crippen LogP contribution is -2.15. The highest BCUT2D eigenvalue weighted by Crippen LogP contribution is 2.29. The van der Waals surface area contributed by atoms with Gasteiger partial charge in [-0.1, -0.05) is 22.0 Å². The number of nitrogens with zero attached hydrogens (tertiary/aromatic N) is 2. The van der Waals surface area contributed by atoms with Crippen LogP contribution in [0.3, 0.4) is 0 Å². The minimum absolute atomic E-state index is 0.177. The summed E-state index contributed by atoms with van der Waals surface area (Å²) in [5.41, 5.74) is 6.56. The Labute approximate surface area is 123 Å². The van der Waals surface area contributed by atoms with Crippen molar-refractivity contribution in [2.45, 2.75) is 29.9 Å². The zero-order chi connectivity index (χ0) is 13.8. The van der Waals surface area contributed by atoms with E-state index < -0.39 is 0 Å². The summed E-state index contributed by atoms with van der Waals surface area (Å²) in [6, 6.07) is 6.08. The Hall–Kier alpha value is -1.05. The average molecular weight is 343 g/mol. The molecule has 0 unspecified atom stereocenters. The van der Waals surface area contributed by atoms with Crippen molar-refractivity contribution in [3.05, 3.63) is 38.7 Å². The van der Waals surface area contributed by atoms with E-state index in [1.165, 1.54) is 17.3 Å². The zero-order valence-electron chi connectivity index (χ0n) is 10.5. The SMILES string of the molecule is CCn1c(Sc2ccc(CCN)c(Br)c2)n[nH]c1=O. The molecule has 2 aromatic rings. The van der Waals surface area contributed by atoms with Crippen LogP contribution in [0.2, 0.25) is 0 Å². The third kappa shape index (κ3) is 3.29. The summed E-state index contributed by atoms with van der Waals surface area (Å²) in [6.45, 7) is 3.14. The van der Waals surface area contributed by atoms with E-state index in [2.05, 4.69) is 26.1 Å². The summed E-state index contributed by atoms with van der Waals surface area (Å²) < 4.78 is 2.63. The van der Waals surface area contributed by atoms with Gasteiger partial charge in [0.05, 0.1) is 0 Å². The molecule has 1 heterocycles. The molecule has 0 spiro atoms. The normalized spacial score (nSPS) is 10.9. The maximum Gasteiger partial charge on any atom is 0.343 e. The average Bonchev–Trinajstić information content (AvgIpc) is 2.73. The Bertz CT molecular complexity index is 622. The Morgan fingerprint density at radius 3 is 2.95 bits per heavy atom. The van der Waals surface area contributed by atoms with Crippen LogP contribution in [0.25, 0.3) is 0 Å². The molecule has 0 fully saturated rings. The van der Waals surface area contributed by atoms with Gasteiger partial charge in [0.15, 0.2) is 5.16 Å². The Morgan fingerprint density at radius 2 is 2.32 bits per heavy atom. The van der Waals surface area contributed by atoms with Crippen molar-refractivity contribution in [1.29, 1.82) is 0 Å². The standard InChI is InChI=1S/C12H15BrN4OS/c1-2-17-11(18)15-16-12(17)19-9-4-3-8(5-6-14)10(13)7-9/h3-4,7H,2,5-6,14H2,1H3,(H,15,18). The van der Waals surface area contributed by atoms with Crippen LogP contribution in [0.15, 0.2) is 37.5 Å². The van der Waals surface area contributed by atoms with E-state index in [1.54, 1.807) is 4.57 Å². The van der Waals surface area contributed by atoms with Crippen molar-refractivity contribution in [3.8, 4) is 0 Å². The van der Waals surface area contributed by atoms with Gasteiger partial charge in [0.25, 0.3) is 0 Å². The third-order valence-electron chi connectivity index (χ3n) is 2.69. The molecule has 1 aromatic carbocycles. The molecule has 5 nitrogen and oxygen atoms in total. The summed E-state index contributed by atoms with van der Waals surface area (Å²) in [6.07, 6.45) is 0.841. The summed E-state index contributed by atoms with van der Waals surface area (Å²) in [5.74, 6) is 0. The predicted molar refractivity (Wildman–Crippen MR) is 79.5 cm³/mol. The monoisotopic (exact) mass is 342 g/mol. The van der Waals surface area contributed by atoms with E-state index in [9.17, 15) is 4.79 Å². The van der Waals surface area contributed by atoms with Crippen LogP contribution < -0.4 is 11.4 Å². The van der Waals surface area contributed by atoms with Gasteiger partial charge in [-0.3, -0.25) is 4.57 Å². The first-order valence-electron chi connectivity index (χ1n) is 5.97. The minimum Gasteiger partial charge on any atom is -0.330 e. The van der Waals surface area contributed by atoms with Crippen LogP contribution in [-0.2, 0) is 13.0 Å². The maximum absolute atomic E-state index is 11.5. The second-order valence-corrected chi connectivity index (χ2v) is 5.84. The van der Waals surface area contributed by atoms with Crippen molar-refractivity contribution in [2.24, 2.45) is 5.73 Å². The lowest BCUT2D eigenvalue weighted by molar-refractivity contribution is 0.660. The number of halogens is 1. The molecular formula is C12H15BrN4OS. The molecule has 19 heavy (non-hydrogen) atoms.